The number of unbranched alkanes of at least 4 members (excludes halogenated alkanes) is 5. The van der Waals surface area contributed by atoms with Crippen molar-refractivity contribution >= 4 is 17.9 Å². The lowest BCUT2D eigenvalue weighted by atomic mass is 9.97. The van der Waals surface area contributed by atoms with Gasteiger partial charge in [-0.2, -0.15) is 0 Å². The highest BCUT2D eigenvalue weighted by Crippen LogP contribution is 2.25. The lowest BCUT2D eigenvalue weighted by Crippen LogP contribution is -2.53. The molecule has 222 valence electrons. The molecule has 0 saturated heterocycles. The van der Waals surface area contributed by atoms with Crippen molar-refractivity contribution in [2.75, 3.05) is 13.1 Å². The predicted octanol–water partition coefficient (Wildman–Crippen LogP) is 6.94. The van der Waals surface area contributed by atoms with E-state index in [2.05, 4.69) is 31.4 Å². The fourth-order valence-electron chi connectivity index (χ4n) is 4.51. The van der Waals surface area contributed by atoms with Crippen molar-refractivity contribution in [2.45, 2.75) is 131 Å². The molecule has 0 fully saturated rings. The number of nitrogens with zero attached hydrogens (tertiary/aromatic N) is 1. The molecule has 0 aliphatic heterocycles. The second kappa shape index (κ2) is 17.9. The highest BCUT2D eigenvalue weighted by molar-refractivity contribution is 5.92. The number of carbonyl (C=O) groups is 3. The van der Waals surface area contributed by atoms with E-state index in [1.165, 1.54) is 5.56 Å². The van der Waals surface area contributed by atoms with Gasteiger partial charge in [0.1, 0.15) is 17.7 Å². The van der Waals surface area contributed by atoms with Gasteiger partial charge in [0.15, 0.2) is 0 Å². The Morgan fingerprint density at radius 2 is 1.51 bits per heavy atom. The van der Waals surface area contributed by atoms with Crippen LogP contribution in [0.3, 0.4) is 0 Å². The largest absolute Gasteiger partial charge is 0.444 e. The Kier molecular flexibility index (Phi) is 15.8. The summed E-state index contributed by atoms with van der Waals surface area (Å²) in [5.74, 6) is -0.278. The summed E-state index contributed by atoms with van der Waals surface area (Å²) in [5.41, 5.74) is 1.27. The van der Waals surface area contributed by atoms with E-state index in [0.717, 1.165) is 56.9 Å². The molecule has 2 atom stereocenters. The quantitative estimate of drug-likeness (QED) is 0.207. The van der Waals surface area contributed by atoms with E-state index < -0.39 is 23.8 Å². The Bertz CT molecular complexity index is 861. The number of hydrogen-bond donors (Lipinski definition) is 2. The molecule has 1 aromatic carbocycles. The summed E-state index contributed by atoms with van der Waals surface area (Å²) in [6.45, 7) is 16.8. The molecule has 0 radical (unpaired) electrons. The van der Waals surface area contributed by atoms with Crippen molar-refractivity contribution in [3.8, 4) is 0 Å². The van der Waals surface area contributed by atoms with Crippen LogP contribution in [0.5, 0.6) is 0 Å². The van der Waals surface area contributed by atoms with Crippen molar-refractivity contribution in [3.05, 3.63) is 35.4 Å². The molecule has 2 unspecified atom stereocenters. The van der Waals surface area contributed by atoms with Crippen LogP contribution >= 0.6 is 0 Å². The van der Waals surface area contributed by atoms with Gasteiger partial charge in [0.25, 0.3) is 0 Å². The molecule has 0 aliphatic carbocycles. The summed E-state index contributed by atoms with van der Waals surface area (Å²) < 4.78 is 5.49. The van der Waals surface area contributed by atoms with Crippen LogP contribution in [0.2, 0.25) is 0 Å². The molecular formula is C32H55N3O4. The van der Waals surface area contributed by atoms with E-state index in [1.54, 1.807) is 25.7 Å². The first-order valence-corrected chi connectivity index (χ1v) is 15.1. The first kappa shape index (κ1) is 34.5. The van der Waals surface area contributed by atoms with Gasteiger partial charge < -0.3 is 20.3 Å². The van der Waals surface area contributed by atoms with E-state index in [1.807, 2.05) is 38.1 Å². The zero-order valence-corrected chi connectivity index (χ0v) is 25.9. The third-order valence-corrected chi connectivity index (χ3v) is 6.58. The molecule has 3 amide bonds. The van der Waals surface area contributed by atoms with Gasteiger partial charge in [-0.3, -0.25) is 9.59 Å². The molecule has 1 rings (SSSR count). The Labute approximate surface area is 237 Å². The van der Waals surface area contributed by atoms with Crippen LogP contribution in [0.4, 0.5) is 4.79 Å². The van der Waals surface area contributed by atoms with Crippen LogP contribution in [0, 0.1) is 5.92 Å². The molecule has 7 heteroatoms. The second-order valence-corrected chi connectivity index (χ2v) is 11.9. The number of benzene rings is 1. The van der Waals surface area contributed by atoms with Crippen molar-refractivity contribution in [1.29, 1.82) is 0 Å². The van der Waals surface area contributed by atoms with Crippen LogP contribution in [0.1, 0.15) is 124 Å². The van der Waals surface area contributed by atoms with Crippen LogP contribution in [0.15, 0.2) is 24.3 Å². The van der Waals surface area contributed by atoms with Crippen LogP contribution in [-0.4, -0.2) is 47.5 Å². The maximum atomic E-state index is 14.2. The zero-order chi connectivity index (χ0) is 29.4. The van der Waals surface area contributed by atoms with Gasteiger partial charge in [0, 0.05) is 13.1 Å². The van der Waals surface area contributed by atoms with Gasteiger partial charge in [0.05, 0.1) is 0 Å². The number of rotatable bonds is 17. The summed E-state index contributed by atoms with van der Waals surface area (Å²) in [6, 6.07) is 6.40. The van der Waals surface area contributed by atoms with Crippen molar-refractivity contribution in [1.82, 2.24) is 15.5 Å². The SMILES string of the molecule is CCCCCCN(C(=O)C(CC(C)C)NC(=O)OC(C)(C)C)C(C(=O)NCCCCC)c1ccc(CC)cc1. The summed E-state index contributed by atoms with van der Waals surface area (Å²) in [4.78, 5) is 42.4. The normalized spacial score (nSPS) is 13.1. The lowest BCUT2D eigenvalue weighted by molar-refractivity contribution is -0.143. The third-order valence-electron chi connectivity index (χ3n) is 6.58. The molecule has 0 bridgehead atoms. The van der Waals surface area contributed by atoms with Crippen molar-refractivity contribution in [2.24, 2.45) is 5.92 Å². The topological polar surface area (TPSA) is 87.7 Å². The Morgan fingerprint density at radius 1 is 0.897 bits per heavy atom. The zero-order valence-electron chi connectivity index (χ0n) is 25.9. The molecular weight excluding hydrogens is 490 g/mol. The number of aryl methyl sites for hydroxylation is 1. The highest BCUT2D eigenvalue weighted by atomic mass is 16.6. The average molecular weight is 546 g/mol. The van der Waals surface area contributed by atoms with Gasteiger partial charge in [0.2, 0.25) is 11.8 Å². The highest BCUT2D eigenvalue weighted by Gasteiger charge is 2.36. The molecule has 0 aliphatic rings. The molecule has 1 aromatic rings. The maximum absolute atomic E-state index is 14.2. The molecule has 0 spiro atoms. The monoisotopic (exact) mass is 545 g/mol. The van der Waals surface area contributed by atoms with Gasteiger partial charge in [-0.25, -0.2) is 4.79 Å². The minimum atomic E-state index is -0.795. The predicted molar refractivity (Wildman–Crippen MR) is 160 cm³/mol. The van der Waals surface area contributed by atoms with E-state index >= 15 is 0 Å². The molecule has 0 aromatic heterocycles. The first-order chi connectivity index (χ1) is 18.4. The number of amides is 3. The number of alkyl carbamates (subject to hydrolysis) is 1. The van der Waals surface area contributed by atoms with Crippen LogP contribution in [-0.2, 0) is 20.7 Å². The van der Waals surface area contributed by atoms with E-state index in [-0.39, 0.29) is 17.7 Å². The Balaban J connectivity index is 3.44. The molecule has 2 N–H and O–H groups in total. The Morgan fingerprint density at radius 3 is 2.05 bits per heavy atom. The number of nitrogens with one attached hydrogen (secondary N) is 2. The van der Waals surface area contributed by atoms with Gasteiger partial charge in [-0.15, -0.1) is 0 Å². The van der Waals surface area contributed by atoms with E-state index in [0.29, 0.717) is 19.5 Å². The van der Waals surface area contributed by atoms with Gasteiger partial charge in [-0.05, 0) is 63.5 Å². The van der Waals surface area contributed by atoms with Crippen molar-refractivity contribution in [3.63, 3.8) is 0 Å². The summed E-state index contributed by atoms with van der Waals surface area (Å²) in [6.07, 6.45) is 7.59. The van der Waals surface area contributed by atoms with Crippen LogP contribution < -0.4 is 10.6 Å². The average Bonchev–Trinajstić information content (AvgIpc) is 2.86. The lowest BCUT2D eigenvalue weighted by Gasteiger charge is -2.35. The fraction of sp³-hybridized carbons (Fsp3) is 0.719. The summed E-state index contributed by atoms with van der Waals surface area (Å²) in [7, 11) is 0. The maximum Gasteiger partial charge on any atom is 0.408 e. The smallest absolute Gasteiger partial charge is 0.408 e. The van der Waals surface area contributed by atoms with Gasteiger partial charge >= 0.3 is 6.09 Å². The first-order valence-electron chi connectivity index (χ1n) is 15.1. The summed E-state index contributed by atoms with van der Waals surface area (Å²) >= 11 is 0. The third kappa shape index (κ3) is 13.4. The number of hydrogen-bond acceptors (Lipinski definition) is 4. The van der Waals surface area contributed by atoms with E-state index in [4.69, 9.17) is 4.74 Å². The minimum absolute atomic E-state index is 0.154. The minimum Gasteiger partial charge on any atom is -0.444 e. The second-order valence-electron chi connectivity index (χ2n) is 11.9. The number of ether oxygens (including phenoxy) is 1. The molecule has 39 heavy (non-hydrogen) atoms. The van der Waals surface area contributed by atoms with E-state index in [9.17, 15) is 14.4 Å². The standard InChI is InChI=1S/C32H55N3O4/c1-9-12-14-16-22-35(30(37)27(23-24(4)5)34-31(38)39-32(6,7)8)28(29(36)33-21-15-13-10-2)26-19-17-25(11-3)18-20-26/h17-20,24,27-28H,9-16,21-23H2,1-8H3,(H,33,36)(H,34,38). The molecule has 0 heterocycles. The van der Waals surface area contributed by atoms with Gasteiger partial charge in [-0.1, -0.05) is 91.0 Å². The molecule has 7 nitrogen and oxygen atoms in total. The Hall–Kier alpha value is -2.57. The fourth-order valence-corrected chi connectivity index (χ4v) is 4.51. The van der Waals surface area contributed by atoms with Crippen molar-refractivity contribution < 1.29 is 19.1 Å². The molecule has 0 saturated carbocycles. The number of carbonyl (C=O) groups excluding carboxylic acids is 3. The summed E-state index contributed by atoms with van der Waals surface area (Å²) in [5, 5.41) is 5.91. The van der Waals surface area contributed by atoms with Crippen LogP contribution in [0.25, 0.3) is 0 Å².